The average molecular weight is 318 g/mol. The zero-order valence-electron chi connectivity index (χ0n) is 13.9. The first-order valence-electron chi connectivity index (χ1n) is 8.29. The molecule has 1 aliphatic carbocycles. The first-order chi connectivity index (χ1) is 11.1. The molecule has 1 saturated carbocycles. The van der Waals surface area contributed by atoms with Crippen molar-refractivity contribution < 1.29 is 14.3 Å². The van der Waals surface area contributed by atoms with Crippen molar-refractivity contribution in [2.24, 2.45) is 0 Å². The van der Waals surface area contributed by atoms with E-state index in [9.17, 15) is 9.59 Å². The largest absolute Gasteiger partial charge is 0.497 e. The van der Waals surface area contributed by atoms with E-state index in [1.807, 2.05) is 24.3 Å². The lowest BCUT2D eigenvalue weighted by molar-refractivity contribution is -0.123. The Hall–Kier alpha value is -2.04. The van der Waals surface area contributed by atoms with Crippen LogP contribution in [0.2, 0.25) is 0 Å². The molecule has 0 saturated heterocycles. The van der Waals surface area contributed by atoms with Gasteiger partial charge in [0.2, 0.25) is 11.8 Å². The third-order valence-corrected chi connectivity index (χ3v) is 4.26. The number of ether oxygens (including phenoxy) is 1. The highest BCUT2D eigenvalue weighted by molar-refractivity contribution is 5.79. The number of hydrogen-bond donors (Lipinski definition) is 2. The summed E-state index contributed by atoms with van der Waals surface area (Å²) < 4.78 is 5.14. The lowest BCUT2D eigenvalue weighted by Crippen LogP contribution is -2.39. The smallest absolute Gasteiger partial charge is 0.222 e. The van der Waals surface area contributed by atoms with Gasteiger partial charge in [-0.3, -0.25) is 9.59 Å². The maximum atomic E-state index is 12.3. The lowest BCUT2D eigenvalue weighted by Gasteiger charge is -2.24. The van der Waals surface area contributed by atoms with E-state index in [1.54, 1.807) is 7.11 Å². The van der Waals surface area contributed by atoms with Gasteiger partial charge >= 0.3 is 0 Å². The van der Waals surface area contributed by atoms with Crippen LogP contribution in [0.3, 0.4) is 0 Å². The maximum absolute atomic E-state index is 12.3. The third kappa shape index (κ3) is 5.58. The molecule has 0 radical (unpaired) electrons. The standard InChI is InChI=1S/C18H26N2O3/c1-13(21)19-17(14-8-10-16(23-2)11-9-14)12-18(22)20-15-6-4-3-5-7-15/h8-11,15,17H,3-7,12H2,1-2H3,(H,19,21)(H,20,22). The van der Waals surface area contributed by atoms with Crippen LogP contribution in [0.5, 0.6) is 5.75 Å². The maximum Gasteiger partial charge on any atom is 0.222 e. The van der Waals surface area contributed by atoms with Crippen molar-refractivity contribution in [1.82, 2.24) is 10.6 Å². The number of rotatable bonds is 6. The van der Waals surface area contributed by atoms with Crippen LogP contribution in [-0.4, -0.2) is 25.0 Å². The first kappa shape index (κ1) is 17.3. The lowest BCUT2D eigenvalue weighted by atomic mass is 9.95. The van der Waals surface area contributed by atoms with Gasteiger partial charge < -0.3 is 15.4 Å². The molecule has 1 unspecified atom stereocenters. The molecule has 1 fully saturated rings. The molecule has 5 nitrogen and oxygen atoms in total. The second kappa shape index (κ2) is 8.56. The number of hydrogen-bond acceptors (Lipinski definition) is 3. The Labute approximate surface area is 137 Å². The molecule has 0 spiro atoms. The fourth-order valence-electron chi connectivity index (χ4n) is 3.05. The van der Waals surface area contributed by atoms with Crippen LogP contribution in [0.25, 0.3) is 0 Å². The van der Waals surface area contributed by atoms with Gasteiger partial charge in [-0.05, 0) is 30.5 Å². The minimum absolute atomic E-state index is 0.00790. The molecule has 1 aromatic rings. The predicted octanol–water partition coefficient (Wildman–Crippen LogP) is 2.71. The molecule has 23 heavy (non-hydrogen) atoms. The minimum atomic E-state index is -0.318. The van der Waals surface area contributed by atoms with E-state index in [2.05, 4.69) is 10.6 Å². The van der Waals surface area contributed by atoms with Gasteiger partial charge in [-0.1, -0.05) is 31.4 Å². The van der Waals surface area contributed by atoms with Crippen LogP contribution in [0.1, 0.15) is 57.1 Å². The second-order valence-corrected chi connectivity index (χ2v) is 6.13. The van der Waals surface area contributed by atoms with Gasteiger partial charge in [0.1, 0.15) is 5.75 Å². The van der Waals surface area contributed by atoms with Crippen LogP contribution in [0.15, 0.2) is 24.3 Å². The van der Waals surface area contributed by atoms with E-state index in [4.69, 9.17) is 4.74 Å². The summed E-state index contributed by atoms with van der Waals surface area (Å²) >= 11 is 0. The van der Waals surface area contributed by atoms with Crippen molar-refractivity contribution in [3.63, 3.8) is 0 Å². The Bertz CT molecular complexity index is 522. The number of carbonyl (C=O) groups is 2. The van der Waals surface area contributed by atoms with Crippen LogP contribution in [0.4, 0.5) is 0 Å². The van der Waals surface area contributed by atoms with Crippen molar-refractivity contribution in [1.29, 1.82) is 0 Å². The monoisotopic (exact) mass is 318 g/mol. The minimum Gasteiger partial charge on any atom is -0.497 e. The molecule has 1 aromatic carbocycles. The Morgan fingerprint density at radius 2 is 1.83 bits per heavy atom. The molecular weight excluding hydrogens is 292 g/mol. The number of amides is 2. The SMILES string of the molecule is COc1ccc(C(CC(=O)NC2CCCCC2)NC(C)=O)cc1. The summed E-state index contributed by atoms with van der Waals surface area (Å²) in [6.45, 7) is 1.47. The summed E-state index contributed by atoms with van der Waals surface area (Å²) in [6, 6.07) is 7.40. The summed E-state index contributed by atoms with van der Waals surface area (Å²) in [5.41, 5.74) is 0.903. The summed E-state index contributed by atoms with van der Waals surface area (Å²) in [4.78, 5) is 23.8. The van der Waals surface area contributed by atoms with Gasteiger partial charge in [0.25, 0.3) is 0 Å². The molecular formula is C18H26N2O3. The third-order valence-electron chi connectivity index (χ3n) is 4.26. The topological polar surface area (TPSA) is 67.4 Å². The molecule has 5 heteroatoms. The molecule has 0 aliphatic heterocycles. The van der Waals surface area contributed by atoms with Gasteiger partial charge in [-0.2, -0.15) is 0 Å². The van der Waals surface area contributed by atoms with Gasteiger partial charge in [0.15, 0.2) is 0 Å². The Morgan fingerprint density at radius 3 is 2.39 bits per heavy atom. The van der Waals surface area contributed by atoms with Gasteiger partial charge in [-0.25, -0.2) is 0 Å². The van der Waals surface area contributed by atoms with Gasteiger partial charge in [-0.15, -0.1) is 0 Å². The normalized spacial score (nSPS) is 16.4. The average Bonchev–Trinajstić information content (AvgIpc) is 2.55. The number of carbonyl (C=O) groups excluding carboxylic acids is 2. The highest BCUT2D eigenvalue weighted by Gasteiger charge is 2.20. The molecule has 2 N–H and O–H groups in total. The number of nitrogens with one attached hydrogen (secondary N) is 2. The highest BCUT2D eigenvalue weighted by atomic mass is 16.5. The Balaban J connectivity index is 1.99. The van der Waals surface area contributed by atoms with E-state index in [0.717, 1.165) is 24.2 Å². The fourth-order valence-corrected chi connectivity index (χ4v) is 3.05. The fraction of sp³-hybridized carbons (Fsp3) is 0.556. The summed E-state index contributed by atoms with van der Waals surface area (Å²) in [5.74, 6) is 0.602. The molecule has 1 aliphatic rings. The predicted molar refractivity (Wildman–Crippen MR) is 89.2 cm³/mol. The molecule has 0 aromatic heterocycles. The van der Waals surface area contributed by atoms with Crippen molar-refractivity contribution in [2.75, 3.05) is 7.11 Å². The van der Waals surface area contributed by atoms with Crippen molar-refractivity contribution in [3.05, 3.63) is 29.8 Å². The molecule has 0 bridgehead atoms. The summed E-state index contributed by atoms with van der Waals surface area (Å²) in [6.07, 6.45) is 5.98. The van der Waals surface area contributed by atoms with E-state index < -0.39 is 0 Å². The van der Waals surface area contributed by atoms with Crippen LogP contribution in [0, 0.1) is 0 Å². The summed E-state index contributed by atoms with van der Waals surface area (Å²) in [7, 11) is 1.61. The van der Waals surface area contributed by atoms with E-state index in [0.29, 0.717) is 0 Å². The van der Waals surface area contributed by atoms with Crippen molar-refractivity contribution >= 4 is 11.8 Å². The highest BCUT2D eigenvalue weighted by Crippen LogP contribution is 2.22. The number of benzene rings is 1. The Morgan fingerprint density at radius 1 is 1.17 bits per heavy atom. The zero-order chi connectivity index (χ0) is 16.7. The van der Waals surface area contributed by atoms with E-state index in [-0.39, 0.29) is 30.3 Å². The molecule has 2 amide bonds. The van der Waals surface area contributed by atoms with E-state index in [1.165, 1.54) is 26.2 Å². The molecule has 126 valence electrons. The Kier molecular flexibility index (Phi) is 6.44. The molecule has 1 atom stereocenters. The van der Waals surface area contributed by atoms with Gasteiger partial charge in [0, 0.05) is 13.0 Å². The molecule has 0 heterocycles. The quantitative estimate of drug-likeness (QED) is 0.847. The summed E-state index contributed by atoms with van der Waals surface area (Å²) in [5, 5.41) is 5.96. The van der Waals surface area contributed by atoms with Crippen LogP contribution in [-0.2, 0) is 9.59 Å². The van der Waals surface area contributed by atoms with E-state index >= 15 is 0 Å². The second-order valence-electron chi connectivity index (χ2n) is 6.13. The first-order valence-corrected chi connectivity index (χ1v) is 8.29. The van der Waals surface area contributed by atoms with Crippen molar-refractivity contribution in [2.45, 2.75) is 57.5 Å². The van der Waals surface area contributed by atoms with Gasteiger partial charge in [0.05, 0.1) is 19.6 Å². The van der Waals surface area contributed by atoms with Crippen LogP contribution >= 0.6 is 0 Å². The van der Waals surface area contributed by atoms with Crippen molar-refractivity contribution in [3.8, 4) is 5.75 Å². The number of methoxy groups -OCH3 is 1. The van der Waals surface area contributed by atoms with Crippen LogP contribution < -0.4 is 15.4 Å². The molecule has 2 rings (SSSR count). The zero-order valence-corrected chi connectivity index (χ0v) is 13.9.